The van der Waals surface area contributed by atoms with E-state index in [0.29, 0.717) is 17.6 Å². The Morgan fingerprint density at radius 2 is 2.16 bits per heavy atom. The molecule has 1 aliphatic carbocycles. The van der Waals surface area contributed by atoms with E-state index in [-0.39, 0.29) is 5.54 Å². The molecule has 3 atom stereocenters. The zero-order valence-corrected chi connectivity index (χ0v) is 13.2. The predicted octanol–water partition coefficient (Wildman–Crippen LogP) is 2.10. The van der Waals surface area contributed by atoms with Crippen LogP contribution in [-0.2, 0) is 4.74 Å². The fraction of sp³-hybridized carbons (Fsp3) is 1.00. The largest absolute Gasteiger partial charge is 0.375 e. The normalized spacial score (nSPS) is 43.1. The van der Waals surface area contributed by atoms with E-state index in [1.165, 1.54) is 37.2 Å². The maximum atomic E-state index is 6.28. The number of thioether (sulfide) groups is 1. The summed E-state index contributed by atoms with van der Waals surface area (Å²) in [6, 6.07) is 0.631. The Bertz CT molecular complexity index is 336. The minimum Gasteiger partial charge on any atom is -0.375 e. The number of hydrogen-bond donors (Lipinski definition) is 1. The van der Waals surface area contributed by atoms with Crippen molar-refractivity contribution in [1.29, 1.82) is 0 Å². The molecule has 3 nitrogen and oxygen atoms in total. The van der Waals surface area contributed by atoms with Gasteiger partial charge in [0, 0.05) is 30.4 Å². The number of fused-ring (bicyclic) bond motifs is 1. The smallest absolute Gasteiger partial charge is 0.0731 e. The van der Waals surface area contributed by atoms with E-state index in [0.717, 1.165) is 19.7 Å². The molecule has 19 heavy (non-hydrogen) atoms. The summed E-state index contributed by atoms with van der Waals surface area (Å²) in [7, 11) is 0. The van der Waals surface area contributed by atoms with Crippen molar-refractivity contribution in [1.82, 2.24) is 4.90 Å². The molecule has 0 bridgehead atoms. The fourth-order valence-electron chi connectivity index (χ4n) is 4.46. The number of hydrogen-bond acceptors (Lipinski definition) is 4. The third kappa shape index (κ3) is 2.57. The molecule has 4 heteroatoms. The van der Waals surface area contributed by atoms with Crippen molar-refractivity contribution in [3.05, 3.63) is 0 Å². The van der Waals surface area contributed by atoms with Gasteiger partial charge in [-0.25, -0.2) is 0 Å². The second-order valence-electron chi connectivity index (χ2n) is 7.36. The van der Waals surface area contributed by atoms with Crippen LogP contribution in [0.25, 0.3) is 0 Å². The van der Waals surface area contributed by atoms with E-state index in [1.54, 1.807) is 0 Å². The molecule has 0 aromatic carbocycles. The molecule has 1 saturated carbocycles. The third-order valence-corrected chi connectivity index (χ3v) is 6.87. The second-order valence-corrected chi connectivity index (χ2v) is 8.35. The van der Waals surface area contributed by atoms with Crippen molar-refractivity contribution < 1.29 is 4.74 Å². The maximum absolute atomic E-state index is 6.28. The molecule has 0 spiro atoms. The van der Waals surface area contributed by atoms with Gasteiger partial charge >= 0.3 is 0 Å². The molecule has 2 heterocycles. The van der Waals surface area contributed by atoms with Crippen LogP contribution in [0.3, 0.4) is 0 Å². The number of ether oxygens (including phenoxy) is 1. The lowest BCUT2D eigenvalue weighted by Crippen LogP contribution is -2.66. The van der Waals surface area contributed by atoms with Crippen molar-refractivity contribution >= 4 is 11.8 Å². The van der Waals surface area contributed by atoms with Crippen LogP contribution < -0.4 is 5.73 Å². The van der Waals surface area contributed by atoms with Crippen LogP contribution in [0.15, 0.2) is 0 Å². The Hall–Kier alpha value is 0.230. The molecule has 2 aliphatic heterocycles. The van der Waals surface area contributed by atoms with Crippen molar-refractivity contribution in [3.63, 3.8) is 0 Å². The van der Waals surface area contributed by atoms with Gasteiger partial charge in [0.15, 0.2) is 0 Å². The van der Waals surface area contributed by atoms with Crippen LogP contribution in [0, 0.1) is 5.41 Å². The summed E-state index contributed by atoms with van der Waals surface area (Å²) >= 11 is 2.10. The molecule has 0 amide bonds. The molecule has 3 fully saturated rings. The second kappa shape index (κ2) is 5.21. The molecule has 3 aliphatic rings. The molecule has 0 radical (unpaired) electrons. The van der Waals surface area contributed by atoms with Gasteiger partial charge in [-0.1, -0.05) is 13.8 Å². The van der Waals surface area contributed by atoms with Gasteiger partial charge in [0.1, 0.15) is 0 Å². The summed E-state index contributed by atoms with van der Waals surface area (Å²) in [5.41, 5.74) is 6.90. The minimum atomic E-state index is 0.212. The minimum absolute atomic E-state index is 0.212. The standard InChI is InChI=1S/C15H28N2OS/c1-14(2)8-15(9-16,11-19-10-14)17-6-7-18-13-5-3-4-12(13)17/h12-13H,3-11,16H2,1-2H3. The molecule has 110 valence electrons. The first kappa shape index (κ1) is 14.2. The topological polar surface area (TPSA) is 38.5 Å². The average molecular weight is 284 g/mol. The molecule has 3 unspecified atom stereocenters. The van der Waals surface area contributed by atoms with Gasteiger partial charge in [-0.3, -0.25) is 4.90 Å². The Balaban J connectivity index is 1.84. The van der Waals surface area contributed by atoms with Crippen molar-refractivity contribution in [2.45, 2.75) is 57.2 Å². The Labute approximate surface area is 121 Å². The summed E-state index contributed by atoms with van der Waals surface area (Å²) < 4.78 is 5.98. The van der Waals surface area contributed by atoms with Crippen LogP contribution in [-0.4, -0.2) is 53.8 Å². The van der Waals surface area contributed by atoms with Gasteiger partial charge in [-0.2, -0.15) is 11.8 Å². The van der Waals surface area contributed by atoms with Gasteiger partial charge in [-0.15, -0.1) is 0 Å². The van der Waals surface area contributed by atoms with E-state index >= 15 is 0 Å². The number of nitrogens with zero attached hydrogens (tertiary/aromatic N) is 1. The van der Waals surface area contributed by atoms with Gasteiger partial charge < -0.3 is 10.5 Å². The lowest BCUT2D eigenvalue weighted by molar-refractivity contribution is -0.100. The summed E-state index contributed by atoms with van der Waals surface area (Å²) in [6.45, 7) is 7.57. The first-order valence-electron chi connectivity index (χ1n) is 7.73. The van der Waals surface area contributed by atoms with Gasteiger partial charge in [0.2, 0.25) is 0 Å². The van der Waals surface area contributed by atoms with E-state index in [2.05, 4.69) is 30.5 Å². The van der Waals surface area contributed by atoms with Crippen molar-refractivity contribution in [2.24, 2.45) is 11.1 Å². The highest BCUT2D eigenvalue weighted by Crippen LogP contribution is 2.45. The quantitative estimate of drug-likeness (QED) is 0.843. The van der Waals surface area contributed by atoms with E-state index in [9.17, 15) is 0 Å². The number of morpholine rings is 1. The average Bonchev–Trinajstić information content (AvgIpc) is 2.85. The van der Waals surface area contributed by atoms with Crippen molar-refractivity contribution in [3.8, 4) is 0 Å². The monoisotopic (exact) mass is 284 g/mol. The van der Waals surface area contributed by atoms with Crippen LogP contribution in [0.2, 0.25) is 0 Å². The lowest BCUT2D eigenvalue weighted by atomic mass is 9.77. The summed E-state index contributed by atoms with van der Waals surface area (Å²) in [5.74, 6) is 2.48. The maximum Gasteiger partial charge on any atom is 0.0731 e. The predicted molar refractivity (Wildman–Crippen MR) is 81.6 cm³/mol. The lowest BCUT2D eigenvalue weighted by Gasteiger charge is -2.55. The van der Waals surface area contributed by atoms with Crippen LogP contribution in [0.4, 0.5) is 0 Å². The van der Waals surface area contributed by atoms with Crippen molar-refractivity contribution in [2.75, 3.05) is 31.2 Å². The van der Waals surface area contributed by atoms with E-state index in [4.69, 9.17) is 10.5 Å². The van der Waals surface area contributed by atoms with Crippen LogP contribution in [0.1, 0.15) is 39.5 Å². The van der Waals surface area contributed by atoms with E-state index in [1.807, 2.05) is 0 Å². The first-order chi connectivity index (χ1) is 9.06. The molecule has 2 N–H and O–H groups in total. The molecule has 0 aromatic heterocycles. The molecule has 0 aromatic rings. The summed E-state index contributed by atoms with van der Waals surface area (Å²) in [6.07, 6.45) is 5.60. The Morgan fingerprint density at radius 1 is 1.32 bits per heavy atom. The highest BCUT2D eigenvalue weighted by molar-refractivity contribution is 7.99. The summed E-state index contributed by atoms with van der Waals surface area (Å²) in [5, 5.41) is 0. The molecular formula is C15H28N2OS. The highest BCUT2D eigenvalue weighted by atomic mass is 32.2. The van der Waals surface area contributed by atoms with Crippen LogP contribution >= 0.6 is 11.8 Å². The molecule has 2 saturated heterocycles. The molecular weight excluding hydrogens is 256 g/mol. The Kier molecular flexibility index (Phi) is 3.89. The third-order valence-electron chi connectivity index (χ3n) is 5.14. The highest BCUT2D eigenvalue weighted by Gasteiger charge is 2.49. The SMILES string of the molecule is CC1(C)CSCC(CN)(N2CCOC3CCCC32)C1. The Morgan fingerprint density at radius 3 is 2.89 bits per heavy atom. The van der Waals surface area contributed by atoms with Gasteiger partial charge in [0.25, 0.3) is 0 Å². The van der Waals surface area contributed by atoms with E-state index < -0.39 is 0 Å². The van der Waals surface area contributed by atoms with Gasteiger partial charge in [0.05, 0.1) is 12.7 Å². The number of rotatable bonds is 2. The zero-order valence-electron chi connectivity index (χ0n) is 12.4. The number of nitrogens with two attached hydrogens (primary N) is 1. The van der Waals surface area contributed by atoms with Gasteiger partial charge in [-0.05, 0) is 36.9 Å². The zero-order chi connectivity index (χ0) is 13.5. The first-order valence-corrected chi connectivity index (χ1v) is 8.88. The van der Waals surface area contributed by atoms with Crippen LogP contribution in [0.5, 0.6) is 0 Å². The molecule has 3 rings (SSSR count). The summed E-state index contributed by atoms with van der Waals surface area (Å²) in [4.78, 5) is 2.75. The fourth-order valence-corrected chi connectivity index (χ4v) is 5.98.